The predicted molar refractivity (Wildman–Crippen MR) is 101 cm³/mol. The predicted octanol–water partition coefficient (Wildman–Crippen LogP) is 2.54. The molecule has 7 nitrogen and oxygen atoms in total. The highest BCUT2D eigenvalue weighted by Crippen LogP contribution is 2.40. The zero-order chi connectivity index (χ0) is 19.7. The van der Waals surface area contributed by atoms with Crippen molar-refractivity contribution in [3.05, 3.63) is 46.7 Å². The molecule has 0 aliphatic heterocycles. The zero-order valence-corrected chi connectivity index (χ0v) is 15.5. The topological polar surface area (TPSA) is 112 Å². The fraction of sp³-hybridized carbons (Fsp3) is 0.167. The van der Waals surface area contributed by atoms with Gasteiger partial charge in [-0.25, -0.2) is 9.37 Å². The Morgan fingerprint density at radius 2 is 2.00 bits per heavy atom. The minimum Gasteiger partial charge on any atom is -0.453 e. The third-order valence-electron chi connectivity index (χ3n) is 3.88. The van der Waals surface area contributed by atoms with E-state index in [9.17, 15) is 14.0 Å². The first-order valence-corrected chi connectivity index (χ1v) is 8.72. The minimum atomic E-state index is -0.664. The number of benzene rings is 1. The Morgan fingerprint density at radius 1 is 1.26 bits per heavy atom. The normalized spacial score (nSPS) is 10.8. The number of rotatable bonds is 5. The van der Waals surface area contributed by atoms with Crippen molar-refractivity contribution in [3.63, 3.8) is 0 Å². The van der Waals surface area contributed by atoms with Gasteiger partial charge in [0.2, 0.25) is 5.91 Å². The van der Waals surface area contributed by atoms with Gasteiger partial charge in [-0.1, -0.05) is 6.07 Å². The maximum Gasteiger partial charge on any atom is 0.260 e. The molecule has 0 aliphatic rings. The molecule has 1 aromatic carbocycles. The summed E-state index contributed by atoms with van der Waals surface area (Å²) in [6.07, 6.45) is 1.56. The molecule has 0 bridgehead atoms. The molecule has 0 fully saturated rings. The lowest BCUT2D eigenvalue weighted by molar-refractivity contribution is -0.127. The summed E-state index contributed by atoms with van der Waals surface area (Å²) in [5.74, 6) is -1.19. The number of primary amides is 1. The number of fused-ring (bicyclic) bond motifs is 1. The van der Waals surface area contributed by atoms with Gasteiger partial charge >= 0.3 is 0 Å². The van der Waals surface area contributed by atoms with Gasteiger partial charge in [0.25, 0.3) is 5.91 Å². The summed E-state index contributed by atoms with van der Waals surface area (Å²) in [5, 5.41) is 0.405. The molecule has 0 unspecified atom stereocenters. The summed E-state index contributed by atoms with van der Waals surface area (Å²) >= 11 is 1.05. The monoisotopic (exact) mass is 388 g/mol. The van der Waals surface area contributed by atoms with E-state index in [1.165, 1.54) is 29.3 Å². The first-order valence-electron chi connectivity index (χ1n) is 7.91. The molecule has 9 heteroatoms. The van der Waals surface area contributed by atoms with Crippen LogP contribution in [0.5, 0.6) is 11.5 Å². The van der Waals surface area contributed by atoms with Gasteiger partial charge < -0.3 is 21.1 Å². The van der Waals surface area contributed by atoms with Gasteiger partial charge in [0.1, 0.15) is 15.5 Å². The van der Waals surface area contributed by atoms with Crippen LogP contribution in [-0.2, 0) is 11.2 Å². The molecule has 2 heterocycles. The largest absolute Gasteiger partial charge is 0.453 e. The lowest BCUT2D eigenvalue weighted by Crippen LogP contribution is -2.23. The molecule has 0 radical (unpaired) electrons. The standard InChI is InChI=1S/C18H17FN4O3S/c1-23(2)13(24)8-9-3-4-11(10(19)7-9)26-12-5-6-22-18-14(12)15(20)16(27-18)17(21)25/h3-7H,8,20H2,1-2H3,(H2,21,25). The van der Waals surface area contributed by atoms with Gasteiger partial charge in [-0.2, -0.15) is 0 Å². The van der Waals surface area contributed by atoms with Crippen molar-refractivity contribution in [3.8, 4) is 11.5 Å². The van der Waals surface area contributed by atoms with Crippen LogP contribution in [0.2, 0.25) is 0 Å². The van der Waals surface area contributed by atoms with Gasteiger partial charge in [0.05, 0.1) is 17.5 Å². The number of amides is 2. The van der Waals surface area contributed by atoms with E-state index in [1.54, 1.807) is 20.2 Å². The molecule has 140 valence electrons. The molecule has 3 rings (SSSR count). The van der Waals surface area contributed by atoms with E-state index in [0.29, 0.717) is 15.8 Å². The van der Waals surface area contributed by atoms with E-state index >= 15 is 0 Å². The average Bonchev–Trinajstić information content (AvgIpc) is 2.95. The average molecular weight is 388 g/mol. The minimum absolute atomic E-state index is 0.0326. The van der Waals surface area contributed by atoms with Crippen molar-refractivity contribution in [1.29, 1.82) is 0 Å². The molecule has 3 aromatic rings. The van der Waals surface area contributed by atoms with Crippen LogP contribution in [-0.4, -0.2) is 35.8 Å². The molecule has 0 saturated heterocycles. The Bertz CT molecular complexity index is 1050. The van der Waals surface area contributed by atoms with Gasteiger partial charge in [-0.05, 0) is 23.8 Å². The van der Waals surface area contributed by atoms with Crippen LogP contribution in [0.4, 0.5) is 10.1 Å². The number of likely N-dealkylation sites (N-methyl/N-ethyl adjacent to an activating group) is 1. The molecule has 2 amide bonds. The lowest BCUT2D eigenvalue weighted by atomic mass is 10.1. The van der Waals surface area contributed by atoms with Crippen LogP contribution in [0.1, 0.15) is 15.2 Å². The second-order valence-electron chi connectivity index (χ2n) is 6.03. The van der Waals surface area contributed by atoms with Crippen molar-refractivity contribution in [2.24, 2.45) is 5.73 Å². The summed E-state index contributed by atoms with van der Waals surface area (Å²) in [6, 6.07) is 5.83. The number of nitrogens with zero attached hydrogens (tertiary/aromatic N) is 2. The van der Waals surface area contributed by atoms with Gasteiger partial charge in [-0.3, -0.25) is 9.59 Å². The van der Waals surface area contributed by atoms with E-state index in [1.807, 2.05) is 0 Å². The van der Waals surface area contributed by atoms with Crippen LogP contribution < -0.4 is 16.2 Å². The Kier molecular flexibility index (Phi) is 4.95. The van der Waals surface area contributed by atoms with Crippen LogP contribution in [0.3, 0.4) is 0 Å². The van der Waals surface area contributed by atoms with Crippen LogP contribution >= 0.6 is 11.3 Å². The van der Waals surface area contributed by atoms with Gasteiger partial charge in [0, 0.05) is 20.3 Å². The number of carbonyl (C=O) groups is 2. The SMILES string of the molecule is CN(C)C(=O)Cc1ccc(Oc2ccnc3sc(C(N)=O)c(N)c23)c(F)c1. The zero-order valence-electron chi connectivity index (χ0n) is 14.7. The number of aromatic nitrogens is 1. The smallest absolute Gasteiger partial charge is 0.260 e. The highest BCUT2D eigenvalue weighted by molar-refractivity contribution is 7.21. The number of halogens is 1. The Balaban J connectivity index is 1.94. The van der Waals surface area contributed by atoms with E-state index in [2.05, 4.69) is 4.98 Å². The van der Waals surface area contributed by atoms with Crippen LogP contribution in [0.25, 0.3) is 10.2 Å². The summed E-state index contributed by atoms with van der Waals surface area (Å²) in [5.41, 5.74) is 12.0. The lowest BCUT2D eigenvalue weighted by Gasteiger charge is -2.12. The molecule has 2 aromatic heterocycles. The fourth-order valence-electron chi connectivity index (χ4n) is 2.47. The van der Waals surface area contributed by atoms with E-state index in [-0.39, 0.29) is 34.4 Å². The number of hydrogen-bond acceptors (Lipinski definition) is 6. The number of thiophene rings is 1. The molecule has 0 saturated carbocycles. The quantitative estimate of drug-likeness (QED) is 0.698. The van der Waals surface area contributed by atoms with E-state index < -0.39 is 11.7 Å². The third-order valence-corrected chi connectivity index (χ3v) is 5.01. The van der Waals surface area contributed by atoms with E-state index in [4.69, 9.17) is 16.2 Å². The van der Waals surface area contributed by atoms with Crippen molar-refractivity contribution >= 4 is 39.1 Å². The summed E-state index contributed by atoms with van der Waals surface area (Å²) in [4.78, 5) is 29.5. The summed E-state index contributed by atoms with van der Waals surface area (Å²) in [7, 11) is 3.27. The van der Waals surface area contributed by atoms with Gasteiger partial charge in [-0.15, -0.1) is 11.3 Å². The molecule has 0 aliphatic carbocycles. The highest BCUT2D eigenvalue weighted by Gasteiger charge is 2.19. The fourth-order valence-corrected chi connectivity index (χ4v) is 3.40. The highest BCUT2D eigenvalue weighted by atomic mass is 32.1. The third kappa shape index (κ3) is 3.68. The number of pyridine rings is 1. The number of ether oxygens (including phenoxy) is 1. The molecule has 0 spiro atoms. The molecular formula is C18H17FN4O3S. The number of nitrogens with two attached hydrogens (primary N) is 2. The Morgan fingerprint density at radius 3 is 2.63 bits per heavy atom. The van der Waals surface area contributed by atoms with Crippen LogP contribution in [0.15, 0.2) is 30.5 Å². The van der Waals surface area contributed by atoms with Crippen molar-refractivity contribution < 1.29 is 18.7 Å². The first-order chi connectivity index (χ1) is 12.8. The number of hydrogen-bond donors (Lipinski definition) is 2. The molecule has 0 atom stereocenters. The molecular weight excluding hydrogens is 371 g/mol. The van der Waals surface area contributed by atoms with Crippen molar-refractivity contribution in [2.75, 3.05) is 19.8 Å². The summed E-state index contributed by atoms with van der Waals surface area (Å²) in [6.45, 7) is 0. The Labute approximate surface area is 158 Å². The Hall–Kier alpha value is -3.20. The van der Waals surface area contributed by atoms with Crippen LogP contribution in [0, 0.1) is 5.82 Å². The van der Waals surface area contributed by atoms with Crippen molar-refractivity contribution in [1.82, 2.24) is 9.88 Å². The first kappa shape index (κ1) is 18.6. The number of anilines is 1. The second kappa shape index (κ2) is 7.20. The number of carbonyl (C=O) groups excluding carboxylic acids is 2. The molecule has 27 heavy (non-hydrogen) atoms. The maximum absolute atomic E-state index is 14.5. The van der Waals surface area contributed by atoms with E-state index in [0.717, 1.165) is 11.3 Å². The summed E-state index contributed by atoms with van der Waals surface area (Å²) < 4.78 is 20.1. The van der Waals surface area contributed by atoms with Gasteiger partial charge in [0.15, 0.2) is 11.6 Å². The maximum atomic E-state index is 14.5. The molecule has 4 N–H and O–H groups in total. The van der Waals surface area contributed by atoms with Crippen molar-refractivity contribution in [2.45, 2.75) is 6.42 Å². The second-order valence-corrected chi connectivity index (χ2v) is 7.03. The number of nitrogen functional groups attached to an aromatic ring is 1.